The first-order chi connectivity index (χ1) is 13.9. The smallest absolute Gasteiger partial charge is 0.257 e. The molecule has 6 heteroatoms. The van der Waals surface area contributed by atoms with Gasteiger partial charge in [0.1, 0.15) is 0 Å². The van der Waals surface area contributed by atoms with Crippen LogP contribution in [0.4, 0.5) is 11.4 Å². The fraction of sp³-hybridized carbons (Fsp3) is 0.0870. The maximum atomic E-state index is 12.5. The zero-order chi connectivity index (χ0) is 20.8. The summed E-state index contributed by atoms with van der Waals surface area (Å²) in [4.78, 5) is 24.9. The minimum Gasteiger partial charge on any atom is -0.332 e. The average molecular weight is 404 g/mol. The monoisotopic (exact) mass is 403 g/mol. The molecular formula is C23H21N3O2S. The molecule has 3 aromatic rings. The number of rotatable bonds is 4. The Bertz CT molecular complexity index is 1080. The van der Waals surface area contributed by atoms with E-state index in [1.54, 1.807) is 36.4 Å². The minimum absolute atomic E-state index is 0.162. The van der Waals surface area contributed by atoms with E-state index in [2.05, 4.69) is 16.0 Å². The van der Waals surface area contributed by atoms with E-state index in [1.165, 1.54) is 0 Å². The Morgan fingerprint density at radius 2 is 1.45 bits per heavy atom. The summed E-state index contributed by atoms with van der Waals surface area (Å²) in [6, 6.07) is 21.8. The molecule has 0 heterocycles. The summed E-state index contributed by atoms with van der Waals surface area (Å²) in [5, 5.41) is 8.64. The summed E-state index contributed by atoms with van der Waals surface area (Å²) < 4.78 is 0. The lowest BCUT2D eigenvalue weighted by Crippen LogP contribution is -2.34. The molecule has 0 saturated heterocycles. The van der Waals surface area contributed by atoms with Crippen LogP contribution in [-0.2, 0) is 0 Å². The van der Waals surface area contributed by atoms with Crippen LogP contribution in [0.25, 0.3) is 0 Å². The number of amides is 2. The number of nitrogens with one attached hydrogen (secondary N) is 3. The van der Waals surface area contributed by atoms with Crippen molar-refractivity contribution in [1.29, 1.82) is 0 Å². The van der Waals surface area contributed by atoms with Gasteiger partial charge in [0.25, 0.3) is 11.8 Å². The third-order valence-corrected chi connectivity index (χ3v) is 4.48. The molecule has 0 unspecified atom stereocenters. The Hall–Kier alpha value is -3.51. The Morgan fingerprint density at radius 3 is 2.17 bits per heavy atom. The van der Waals surface area contributed by atoms with Crippen LogP contribution in [-0.4, -0.2) is 16.9 Å². The number of carbonyl (C=O) groups is 2. The molecule has 2 amide bonds. The maximum absolute atomic E-state index is 12.5. The maximum Gasteiger partial charge on any atom is 0.257 e. The van der Waals surface area contributed by atoms with Crippen LogP contribution in [0.3, 0.4) is 0 Å². The highest BCUT2D eigenvalue weighted by Crippen LogP contribution is 2.15. The van der Waals surface area contributed by atoms with Crippen molar-refractivity contribution in [3.05, 3.63) is 95.1 Å². The molecule has 146 valence electrons. The lowest BCUT2D eigenvalue weighted by Gasteiger charge is -2.12. The molecule has 0 atom stereocenters. The van der Waals surface area contributed by atoms with Gasteiger partial charge in [-0.15, -0.1) is 0 Å². The number of anilines is 2. The highest BCUT2D eigenvalue weighted by Gasteiger charge is 2.11. The fourth-order valence-corrected chi connectivity index (χ4v) is 3.04. The third kappa shape index (κ3) is 5.49. The summed E-state index contributed by atoms with van der Waals surface area (Å²) in [5.74, 6) is -0.511. The van der Waals surface area contributed by atoms with Crippen molar-refractivity contribution in [2.24, 2.45) is 0 Å². The van der Waals surface area contributed by atoms with E-state index in [-0.39, 0.29) is 16.9 Å². The first-order valence-corrected chi connectivity index (χ1v) is 9.49. The Morgan fingerprint density at radius 1 is 0.759 bits per heavy atom. The van der Waals surface area contributed by atoms with Gasteiger partial charge in [-0.3, -0.25) is 14.9 Å². The summed E-state index contributed by atoms with van der Waals surface area (Å²) in [6.07, 6.45) is 0. The quantitative estimate of drug-likeness (QED) is 0.553. The first-order valence-electron chi connectivity index (χ1n) is 9.08. The molecule has 0 aliphatic heterocycles. The van der Waals surface area contributed by atoms with Crippen LogP contribution in [0.1, 0.15) is 31.8 Å². The van der Waals surface area contributed by atoms with Gasteiger partial charge in [0.05, 0.1) is 0 Å². The number of aryl methyl sites for hydroxylation is 2. The molecule has 3 N–H and O–H groups in total. The molecule has 3 rings (SSSR count). The van der Waals surface area contributed by atoms with Crippen molar-refractivity contribution >= 4 is 40.5 Å². The molecule has 0 aromatic heterocycles. The van der Waals surface area contributed by atoms with Gasteiger partial charge in [-0.2, -0.15) is 0 Å². The van der Waals surface area contributed by atoms with Crippen LogP contribution < -0.4 is 16.0 Å². The van der Waals surface area contributed by atoms with Gasteiger partial charge in [-0.25, -0.2) is 0 Å². The van der Waals surface area contributed by atoms with Crippen molar-refractivity contribution in [3.8, 4) is 0 Å². The van der Waals surface area contributed by atoms with Gasteiger partial charge < -0.3 is 10.6 Å². The van der Waals surface area contributed by atoms with Gasteiger partial charge in [-0.1, -0.05) is 36.4 Å². The van der Waals surface area contributed by atoms with Gasteiger partial charge in [-0.05, 0) is 73.6 Å². The van der Waals surface area contributed by atoms with Crippen LogP contribution in [0.5, 0.6) is 0 Å². The lowest BCUT2D eigenvalue weighted by molar-refractivity contribution is 0.0975. The van der Waals surface area contributed by atoms with E-state index in [4.69, 9.17) is 12.2 Å². The molecular weight excluding hydrogens is 382 g/mol. The molecule has 3 aromatic carbocycles. The second-order valence-corrected chi connectivity index (χ2v) is 7.04. The summed E-state index contributed by atoms with van der Waals surface area (Å²) >= 11 is 5.24. The lowest BCUT2D eigenvalue weighted by atomic mass is 10.1. The molecule has 0 aliphatic carbocycles. The Labute approximate surface area is 175 Å². The van der Waals surface area contributed by atoms with E-state index < -0.39 is 0 Å². The average Bonchev–Trinajstić information content (AvgIpc) is 2.68. The zero-order valence-electron chi connectivity index (χ0n) is 16.2. The largest absolute Gasteiger partial charge is 0.332 e. The second-order valence-electron chi connectivity index (χ2n) is 6.63. The summed E-state index contributed by atoms with van der Waals surface area (Å²) in [7, 11) is 0. The number of carbonyl (C=O) groups excluding carboxylic acids is 2. The van der Waals surface area contributed by atoms with Gasteiger partial charge >= 0.3 is 0 Å². The number of hydrogen-bond acceptors (Lipinski definition) is 3. The first kappa shape index (κ1) is 20.2. The highest BCUT2D eigenvalue weighted by atomic mass is 32.1. The molecule has 0 fully saturated rings. The molecule has 29 heavy (non-hydrogen) atoms. The highest BCUT2D eigenvalue weighted by molar-refractivity contribution is 7.80. The molecule has 0 saturated carbocycles. The third-order valence-electron chi connectivity index (χ3n) is 4.28. The van der Waals surface area contributed by atoms with Crippen LogP contribution in [0, 0.1) is 13.8 Å². The van der Waals surface area contributed by atoms with Gasteiger partial charge in [0, 0.05) is 22.5 Å². The summed E-state index contributed by atoms with van der Waals surface area (Å²) in [6.45, 7) is 3.83. The molecule has 0 radical (unpaired) electrons. The SMILES string of the molecule is Cc1cccc(NC(=O)c2cccc(NC(=S)NC(=O)c3ccccc3C)c2)c1. The normalized spacial score (nSPS) is 10.1. The number of benzene rings is 3. The number of thiocarbonyl (C=S) groups is 1. The minimum atomic E-state index is -0.283. The number of hydrogen-bond donors (Lipinski definition) is 3. The van der Waals surface area contributed by atoms with Crippen molar-refractivity contribution in [2.45, 2.75) is 13.8 Å². The van der Waals surface area contributed by atoms with Gasteiger partial charge in [0.2, 0.25) is 0 Å². The van der Waals surface area contributed by atoms with E-state index in [9.17, 15) is 9.59 Å². The van der Waals surface area contributed by atoms with Crippen molar-refractivity contribution in [1.82, 2.24) is 5.32 Å². The predicted octanol–water partition coefficient (Wildman–Crippen LogP) is 4.68. The van der Waals surface area contributed by atoms with Gasteiger partial charge in [0.15, 0.2) is 5.11 Å². The van der Waals surface area contributed by atoms with Crippen molar-refractivity contribution in [2.75, 3.05) is 10.6 Å². The van der Waals surface area contributed by atoms with E-state index in [0.29, 0.717) is 16.8 Å². The molecule has 0 spiro atoms. The van der Waals surface area contributed by atoms with Crippen LogP contribution >= 0.6 is 12.2 Å². The van der Waals surface area contributed by atoms with E-state index in [0.717, 1.165) is 16.8 Å². The second kappa shape index (κ2) is 9.12. The van der Waals surface area contributed by atoms with E-state index >= 15 is 0 Å². The molecule has 0 aliphatic rings. The zero-order valence-corrected chi connectivity index (χ0v) is 17.0. The van der Waals surface area contributed by atoms with Crippen LogP contribution in [0.15, 0.2) is 72.8 Å². The Balaban J connectivity index is 1.64. The molecule has 5 nitrogen and oxygen atoms in total. The predicted molar refractivity (Wildman–Crippen MR) is 120 cm³/mol. The fourth-order valence-electron chi connectivity index (χ4n) is 2.82. The van der Waals surface area contributed by atoms with Crippen LogP contribution in [0.2, 0.25) is 0 Å². The topological polar surface area (TPSA) is 70.2 Å². The molecule has 0 bridgehead atoms. The van der Waals surface area contributed by atoms with Crippen molar-refractivity contribution < 1.29 is 9.59 Å². The standard InChI is InChI=1S/C23H21N3O2S/c1-15-7-5-10-18(13-15)24-21(27)17-9-6-11-19(14-17)25-23(29)26-22(28)20-12-4-3-8-16(20)2/h3-14H,1-2H3,(H,24,27)(H2,25,26,28,29). The Kier molecular flexibility index (Phi) is 6.36. The van der Waals surface area contributed by atoms with Crippen molar-refractivity contribution in [3.63, 3.8) is 0 Å². The van der Waals surface area contributed by atoms with E-state index in [1.807, 2.05) is 50.2 Å². The summed E-state index contributed by atoms with van der Waals surface area (Å²) in [5.41, 5.74) is 4.30.